The number of benzene rings is 4. The molecule has 5 rings (SSSR count). The van der Waals surface area contributed by atoms with E-state index >= 15 is 0 Å². The molecule has 0 spiro atoms. The fourth-order valence-electron chi connectivity index (χ4n) is 4.20. The summed E-state index contributed by atoms with van der Waals surface area (Å²) in [7, 11) is 1.43. The average Bonchev–Trinajstić information content (AvgIpc) is 3.24. The molecule has 0 saturated carbocycles. The van der Waals surface area contributed by atoms with Crippen LogP contribution in [0.3, 0.4) is 0 Å². The number of alkyl halides is 3. The Morgan fingerprint density at radius 3 is 2.42 bits per heavy atom. The number of methoxy groups -OCH3 is 1. The highest BCUT2D eigenvalue weighted by atomic mass is 79.9. The first-order chi connectivity index (χ1) is 18.3. The van der Waals surface area contributed by atoms with Crippen molar-refractivity contribution in [3.05, 3.63) is 106 Å². The lowest BCUT2D eigenvalue weighted by molar-refractivity contribution is -0.114. The molecule has 0 N–H and O–H groups in total. The van der Waals surface area contributed by atoms with E-state index in [1.165, 1.54) is 25.3 Å². The van der Waals surface area contributed by atoms with Crippen LogP contribution in [-0.4, -0.2) is 24.9 Å². The highest BCUT2D eigenvalue weighted by Crippen LogP contribution is 2.39. The quantitative estimate of drug-likeness (QED) is 0.221. The van der Waals surface area contributed by atoms with E-state index in [1.54, 1.807) is 24.3 Å². The average molecular weight is 581 g/mol. The smallest absolute Gasteiger partial charge is 0.435 e. The molecule has 0 atom stereocenters. The number of anilines is 1. The van der Waals surface area contributed by atoms with Crippen LogP contribution in [0.4, 0.5) is 18.9 Å². The Balaban J connectivity index is 1.47. The van der Waals surface area contributed by atoms with Gasteiger partial charge in [0.05, 0.1) is 22.8 Å². The van der Waals surface area contributed by atoms with Gasteiger partial charge in [-0.15, -0.1) is 0 Å². The Bertz CT molecular complexity index is 1580. The number of hydrogen-bond acceptors (Lipinski definition) is 4. The van der Waals surface area contributed by atoms with Gasteiger partial charge in [-0.1, -0.05) is 60.7 Å². The van der Waals surface area contributed by atoms with Crippen molar-refractivity contribution in [2.75, 3.05) is 12.1 Å². The molecule has 4 aromatic carbocycles. The van der Waals surface area contributed by atoms with E-state index in [-0.39, 0.29) is 12.3 Å². The van der Waals surface area contributed by atoms with Gasteiger partial charge in [0.1, 0.15) is 6.61 Å². The lowest BCUT2D eigenvalue weighted by Crippen LogP contribution is -2.25. The molecule has 1 heterocycles. The topological polar surface area (TPSA) is 51.1 Å². The van der Waals surface area contributed by atoms with Crippen LogP contribution in [0.5, 0.6) is 11.5 Å². The summed E-state index contributed by atoms with van der Waals surface area (Å²) in [6, 6.07) is 24.9. The van der Waals surface area contributed by atoms with Crippen LogP contribution >= 0.6 is 15.9 Å². The van der Waals surface area contributed by atoms with Gasteiger partial charge in [-0.05, 0) is 68.2 Å². The van der Waals surface area contributed by atoms with Crippen LogP contribution in [0.25, 0.3) is 16.8 Å². The maximum Gasteiger partial charge on any atom is 0.435 e. The standard InChI is InChI=1S/C29H20BrF3N2O3/c1-37-25-16-18(14-23-27(29(31,32)33)34-35(28(23)36)21-11-3-2-4-12-21)15-24(30)26(25)38-17-20-10-7-9-19-8-5-6-13-22(19)20/h2-16H,17H2,1H3/b23-14-. The van der Waals surface area contributed by atoms with Crippen molar-refractivity contribution in [1.82, 2.24) is 0 Å². The number of hydrazone groups is 1. The molecule has 192 valence electrons. The molecule has 1 aliphatic heterocycles. The maximum absolute atomic E-state index is 13.8. The van der Waals surface area contributed by atoms with Gasteiger partial charge in [0.25, 0.3) is 5.91 Å². The fourth-order valence-corrected chi connectivity index (χ4v) is 4.77. The molecule has 9 heteroatoms. The number of ether oxygens (including phenoxy) is 2. The van der Waals surface area contributed by atoms with Crippen LogP contribution in [0.15, 0.2) is 100 Å². The molecule has 1 aliphatic rings. The van der Waals surface area contributed by atoms with Crippen molar-refractivity contribution < 1.29 is 27.4 Å². The van der Waals surface area contributed by atoms with E-state index in [9.17, 15) is 18.0 Å². The van der Waals surface area contributed by atoms with Crippen LogP contribution in [0, 0.1) is 0 Å². The van der Waals surface area contributed by atoms with Crippen LogP contribution in [0.1, 0.15) is 11.1 Å². The minimum absolute atomic E-state index is 0.235. The second-order valence-electron chi connectivity index (χ2n) is 8.42. The minimum Gasteiger partial charge on any atom is -0.493 e. The lowest BCUT2D eigenvalue weighted by atomic mass is 10.0. The number of carbonyl (C=O) groups is 1. The Labute approximate surface area is 224 Å². The largest absolute Gasteiger partial charge is 0.493 e. The highest BCUT2D eigenvalue weighted by Gasteiger charge is 2.46. The number of para-hydroxylation sites is 1. The van der Waals surface area contributed by atoms with E-state index < -0.39 is 23.4 Å². The molecule has 0 aromatic heterocycles. The first-order valence-corrected chi connectivity index (χ1v) is 12.3. The van der Waals surface area contributed by atoms with Gasteiger partial charge in [0.2, 0.25) is 0 Å². The predicted octanol–water partition coefficient (Wildman–Crippen LogP) is 7.54. The summed E-state index contributed by atoms with van der Waals surface area (Å²) in [4.78, 5) is 13.0. The number of halogens is 4. The van der Waals surface area contributed by atoms with Gasteiger partial charge in [-0.2, -0.15) is 23.3 Å². The Morgan fingerprint density at radius 1 is 0.974 bits per heavy atom. The Hall–Kier alpha value is -4.11. The van der Waals surface area contributed by atoms with Gasteiger partial charge in [-0.25, -0.2) is 0 Å². The lowest BCUT2D eigenvalue weighted by Gasteiger charge is -2.15. The number of fused-ring (bicyclic) bond motifs is 1. The normalized spacial score (nSPS) is 14.8. The second-order valence-corrected chi connectivity index (χ2v) is 9.27. The summed E-state index contributed by atoms with van der Waals surface area (Å²) in [5.74, 6) is -0.201. The maximum atomic E-state index is 13.8. The number of carbonyl (C=O) groups excluding carboxylic acids is 1. The highest BCUT2D eigenvalue weighted by molar-refractivity contribution is 9.10. The zero-order valence-corrected chi connectivity index (χ0v) is 21.6. The first kappa shape index (κ1) is 25.5. The van der Waals surface area contributed by atoms with Crippen molar-refractivity contribution >= 4 is 50.1 Å². The minimum atomic E-state index is -4.83. The summed E-state index contributed by atoms with van der Waals surface area (Å²) >= 11 is 3.45. The second kappa shape index (κ2) is 10.3. The van der Waals surface area contributed by atoms with E-state index in [0.717, 1.165) is 27.4 Å². The SMILES string of the molecule is COc1cc(/C=C2\C(=O)N(c3ccccc3)N=C2C(F)(F)F)cc(Br)c1OCc1cccc2ccccc12. The molecule has 4 aromatic rings. The summed E-state index contributed by atoms with van der Waals surface area (Å²) in [6.07, 6.45) is -3.67. The third-order valence-electron chi connectivity index (χ3n) is 5.96. The Kier molecular flexibility index (Phi) is 6.94. The number of amides is 1. The third-order valence-corrected chi connectivity index (χ3v) is 6.55. The van der Waals surface area contributed by atoms with Gasteiger partial charge >= 0.3 is 6.18 Å². The Morgan fingerprint density at radius 2 is 1.68 bits per heavy atom. The van der Waals surface area contributed by atoms with E-state index in [4.69, 9.17) is 9.47 Å². The zero-order valence-electron chi connectivity index (χ0n) is 20.0. The van der Waals surface area contributed by atoms with E-state index in [2.05, 4.69) is 21.0 Å². The molecular weight excluding hydrogens is 561 g/mol. The van der Waals surface area contributed by atoms with Crippen molar-refractivity contribution in [1.29, 1.82) is 0 Å². The summed E-state index contributed by atoms with van der Waals surface area (Å²) in [5, 5.41) is 6.48. The molecule has 0 bridgehead atoms. The van der Waals surface area contributed by atoms with Crippen molar-refractivity contribution in [3.8, 4) is 11.5 Å². The van der Waals surface area contributed by atoms with Gasteiger partial charge < -0.3 is 9.47 Å². The molecular formula is C29H20BrF3N2O3. The van der Waals surface area contributed by atoms with Crippen molar-refractivity contribution in [2.24, 2.45) is 5.10 Å². The molecule has 1 amide bonds. The molecule has 0 saturated heterocycles. The molecule has 0 aliphatic carbocycles. The monoisotopic (exact) mass is 580 g/mol. The zero-order chi connectivity index (χ0) is 26.9. The summed E-state index contributed by atoms with van der Waals surface area (Å²) in [5.41, 5.74) is -0.329. The predicted molar refractivity (Wildman–Crippen MR) is 144 cm³/mol. The van der Waals surface area contributed by atoms with Crippen LogP contribution in [-0.2, 0) is 11.4 Å². The van der Waals surface area contributed by atoms with Gasteiger partial charge in [-0.3, -0.25) is 4.79 Å². The van der Waals surface area contributed by atoms with Crippen molar-refractivity contribution in [3.63, 3.8) is 0 Å². The summed E-state index contributed by atoms with van der Waals surface area (Å²) in [6.45, 7) is 0.242. The molecule has 0 radical (unpaired) electrons. The third kappa shape index (κ3) is 5.02. The number of nitrogens with zero attached hydrogens (tertiary/aromatic N) is 2. The fraction of sp³-hybridized carbons (Fsp3) is 0.103. The van der Waals surface area contributed by atoms with Gasteiger partial charge in [0, 0.05) is 0 Å². The van der Waals surface area contributed by atoms with Gasteiger partial charge in [0.15, 0.2) is 17.2 Å². The molecule has 38 heavy (non-hydrogen) atoms. The first-order valence-electron chi connectivity index (χ1n) is 11.5. The van der Waals surface area contributed by atoms with E-state index in [1.807, 2.05) is 42.5 Å². The molecule has 0 unspecified atom stereocenters. The number of hydrogen-bond donors (Lipinski definition) is 0. The molecule has 0 fully saturated rings. The summed E-state index contributed by atoms with van der Waals surface area (Å²) < 4.78 is 53.5. The van der Waals surface area contributed by atoms with E-state index in [0.29, 0.717) is 21.5 Å². The van der Waals surface area contributed by atoms with Crippen LogP contribution < -0.4 is 14.5 Å². The number of rotatable bonds is 6. The van der Waals surface area contributed by atoms with Crippen molar-refractivity contribution in [2.45, 2.75) is 12.8 Å². The van der Waals surface area contributed by atoms with Crippen LogP contribution in [0.2, 0.25) is 0 Å². The molecule has 5 nitrogen and oxygen atoms in total.